The smallest absolute Gasteiger partial charge is 0.252 e. The summed E-state index contributed by atoms with van der Waals surface area (Å²) in [6.45, 7) is 2.65. The Morgan fingerprint density at radius 3 is 2.32 bits per heavy atom. The molecule has 7 nitrogen and oxygen atoms in total. The number of rotatable bonds is 7. The number of nitrogens with one attached hydrogen (secondary N) is 1. The van der Waals surface area contributed by atoms with Gasteiger partial charge in [0.2, 0.25) is 11.8 Å². The van der Waals surface area contributed by atoms with E-state index in [1.165, 1.54) is 0 Å². The molecule has 2 aliphatic rings. The Hall–Kier alpha value is -3.35. The molecule has 2 heterocycles. The maximum absolute atomic E-state index is 13.4. The first-order valence-electron chi connectivity index (χ1n) is 12.1. The number of carbonyl (C=O) groups is 3. The molecule has 34 heavy (non-hydrogen) atoms. The van der Waals surface area contributed by atoms with Gasteiger partial charge in [-0.2, -0.15) is 0 Å². The van der Waals surface area contributed by atoms with Gasteiger partial charge in [-0.15, -0.1) is 0 Å². The topological polar surface area (TPSA) is 79.0 Å². The summed E-state index contributed by atoms with van der Waals surface area (Å²) >= 11 is 0. The lowest BCUT2D eigenvalue weighted by atomic mass is 9.88. The van der Waals surface area contributed by atoms with Gasteiger partial charge in [0.05, 0.1) is 13.5 Å². The molecular weight excluding hydrogens is 430 g/mol. The van der Waals surface area contributed by atoms with E-state index in [1.807, 2.05) is 40.1 Å². The average Bonchev–Trinajstić information content (AvgIpc) is 3.43. The van der Waals surface area contributed by atoms with Crippen molar-refractivity contribution in [1.82, 2.24) is 15.1 Å². The Morgan fingerprint density at radius 2 is 1.65 bits per heavy atom. The Kier molecular flexibility index (Phi) is 7.83. The molecular formula is C27H33N3O4. The van der Waals surface area contributed by atoms with Crippen molar-refractivity contribution in [3.8, 4) is 5.75 Å². The van der Waals surface area contributed by atoms with Gasteiger partial charge < -0.3 is 19.9 Å². The summed E-state index contributed by atoms with van der Waals surface area (Å²) < 4.78 is 5.24. The monoisotopic (exact) mass is 463 g/mol. The Bertz CT molecular complexity index is 996. The molecule has 0 aliphatic carbocycles. The van der Waals surface area contributed by atoms with Crippen molar-refractivity contribution in [1.29, 1.82) is 0 Å². The van der Waals surface area contributed by atoms with Crippen molar-refractivity contribution in [3.05, 3.63) is 65.7 Å². The van der Waals surface area contributed by atoms with Crippen molar-refractivity contribution in [2.75, 3.05) is 33.3 Å². The summed E-state index contributed by atoms with van der Waals surface area (Å²) in [5, 5.41) is 3.03. The fourth-order valence-corrected chi connectivity index (χ4v) is 4.87. The van der Waals surface area contributed by atoms with Crippen LogP contribution in [-0.2, 0) is 16.0 Å². The molecule has 2 aromatic carbocycles. The summed E-state index contributed by atoms with van der Waals surface area (Å²) in [4.78, 5) is 43.0. The molecule has 3 amide bonds. The molecule has 2 aromatic rings. The van der Waals surface area contributed by atoms with Gasteiger partial charge in [-0.05, 0) is 55.4 Å². The quantitative estimate of drug-likeness (QED) is 0.685. The minimum atomic E-state index is -0.594. The second kappa shape index (κ2) is 11.2. The number of methoxy groups -OCH3 is 1. The average molecular weight is 464 g/mol. The van der Waals surface area contributed by atoms with Gasteiger partial charge in [-0.25, -0.2) is 0 Å². The molecule has 0 saturated carbocycles. The number of ether oxygens (including phenoxy) is 1. The highest BCUT2D eigenvalue weighted by Gasteiger charge is 2.36. The van der Waals surface area contributed by atoms with E-state index in [0.717, 1.165) is 31.5 Å². The summed E-state index contributed by atoms with van der Waals surface area (Å²) in [5.74, 6) is 0.401. The second-order valence-corrected chi connectivity index (χ2v) is 9.10. The molecule has 180 valence electrons. The lowest BCUT2D eigenvalue weighted by molar-refractivity contribution is -0.135. The summed E-state index contributed by atoms with van der Waals surface area (Å²) in [7, 11) is 1.56. The number of benzene rings is 2. The summed E-state index contributed by atoms with van der Waals surface area (Å²) in [5.41, 5.74) is 1.47. The summed E-state index contributed by atoms with van der Waals surface area (Å²) in [6, 6.07) is 16.1. The van der Waals surface area contributed by atoms with Gasteiger partial charge in [0.15, 0.2) is 0 Å². The van der Waals surface area contributed by atoms with Crippen LogP contribution in [0.5, 0.6) is 5.75 Å². The first-order chi connectivity index (χ1) is 16.5. The van der Waals surface area contributed by atoms with E-state index in [4.69, 9.17) is 4.74 Å². The standard InChI is InChI=1S/C27H33N3O4/c1-34-23-11-7-10-22(19-23)26(32)28-25(27(33)30-14-5-6-15-30)21-12-16-29(17-13-21)24(31)18-20-8-3-2-4-9-20/h2-4,7-11,19,21,25H,5-6,12-18H2,1H3,(H,28,32). The zero-order valence-electron chi connectivity index (χ0n) is 19.7. The number of carbonyl (C=O) groups excluding carboxylic acids is 3. The Labute approximate surface area is 201 Å². The van der Waals surface area contributed by atoms with Crippen LogP contribution in [0.1, 0.15) is 41.6 Å². The van der Waals surface area contributed by atoms with Crippen LogP contribution in [0.4, 0.5) is 0 Å². The fourth-order valence-electron chi connectivity index (χ4n) is 4.87. The predicted molar refractivity (Wildman–Crippen MR) is 130 cm³/mol. The third kappa shape index (κ3) is 5.76. The van der Waals surface area contributed by atoms with E-state index in [9.17, 15) is 14.4 Å². The minimum Gasteiger partial charge on any atom is -0.497 e. The normalized spacial score (nSPS) is 17.3. The van der Waals surface area contributed by atoms with Crippen molar-refractivity contribution in [2.24, 2.45) is 5.92 Å². The maximum Gasteiger partial charge on any atom is 0.252 e. The molecule has 4 rings (SSSR count). The van der Waals surface area contributed by atoms with Gasteiger partial charge in [-0.3, -0.25) is 14.4 Å². The molecule has 0 spiro atoms. The Balaban J connectivity index is 1.42. The lowest BCUT2D eigenvalue weighted by Crippen LogP contribution is -2.54. The van der Waals surface area contributed by atoms with Gasteiger partial charge >= 0.3 is 0 Å². The first kappa shape index (κ1) is 23.8. The van der Waals surface area contributed by atoms with Gasteiger partial charge in [-0.1, -0.05) is 36.4 Å². The predicted octanol–water partition coefficient (Wildman–Crippen LogP) is 2.90. The number of likely N-dealkylation sites (tertiary alicyclic amines) is 2. The molecule has 1 atom stereocenters. The van der Waals surface area contributed by atoms with Crippen molar-refractivity contribution < 1.29 is 19.1 Å². The molecule has 2 fully saturated rings. The second-order valence-electron chi connectivity index (χ2n) is 9.10. The largest absolute Gasteiger partial charge is 0.497 e. The number of hydrogen-bond acceptors (Lipinski definition) is 4. The van der Waals surface area contributed by atoms with Gasteiger partial charge in [0, 0.05) is 31.7 Å². The number of hydrogen-bond donors (Lipinski definition) is 1. The molecule has 2 saturated heterocycles. The third-order valence-corrected chi connectivity index (χ3v) is 6.86. The van der Waals surface area contributed by atoms with Crippen molar-refractivity contribution in [2.45, 2.75) is 38.1 Å². The van der Waals surface area contributed by atoms with Crippen LogP contribution in [0.15, 0.2) is 54.6 Å². The van der Waals surface area contributed by atoms with E-state index in [1.54, 1.807) is 31.4 Å². The molecule has 0 bridgehead atoms. The highest BCUT2D eigenvalue weighted by Crippen LogP contribution is 2.25. The molecule has 0 aromatic heterocycles. The zero-order chi connectivity index (χ0) is 23.9. The lowest BCUT2D eigenvalue weighted by Gasteiger charge is -2.37. The van der Waals surface area contributed by atoms with E-state index < -0.39 is 6.04 Å². The van der Waals surface area contributed by atoms with Gasteiger partial charge in [0.1, 0.15) is 11.8 Å². The minimum absolute atomic E-state index is 0.0107. The van der Waals surface area contributed by atoms with Crippen LogP contribution >= 0.6 is 0 Å². The summed E-state index contributed by atoms with van der Waals surface area (Å²) in [6.07, 6.45) is 3.74. The molecule has 7 heteroatoms. The highest BCUT2D eigenvalue weighted by molar-refractivity contribution is 5.98. The Morgan fingerprint density at radius 1 is 0.941 bits per heavy atom. The van der Waals surface area contributed by atoms with Crippen LogP contribution in [0.3, 0.4) is 0 Å². The maximum atomic E-state index is 13.4. The van der Waals surface area contributed by atoms with Crippen molar-refractivity contribution >= 4 is 17.7 Å². The van der Waals surface area contributed by atoms with E-state index in [2.05, 4.69) is 5.32 Å². The van der Waals surface area contributed by atoms with Crippen molar-refractivity contribution in [3.63, 3.8) is 0 Å². The van der Waals surface area contributed by atoms with Gasteiger partial charge in [0.25, 0.3) is 5.91 Å². The zero-order valence-corrected chi connectivity index (χ0v) is 19.7. The molecule has 1 N–H and O–H groups in total. The van der Waals surface area contributed by atoms with Crippen LogP contribution < -0.4 is 10.1 Å². The molecule has 0 radical (unpaired) electrons. The molecule has 2 aliphatic heterocycles. The van der Waals surface area contributed by atoms with Crippen LogP contribution in [0.2, 0.25) is 0 Å². The SMILES string of the molecule is COc1cccc(C(=O)NC(C(=O)N2CCCC2)C2CCN(C(=O)Cc3ccccc3)CC2)c1. The number of nitrogens with zero attached hydrogens (tertiary/aromatic N) is 2. The van der Waals surface area contributed by atoms with E-state index >= 15 is 0 Å². The van der Waals surface area contributed by atoms with E-state index in [0.29, 0.717) is 43.7 Å². The fraction of sp³-hybridized carbons (Fsp3) is 0.444. The number of piperidine rings is 1. The number of amides is 3. The molecule has 1 unspecified atom stereocenters. The van der Waals surface area contributed by atoms with Crippen LogP contribution in [-0.4, -0.2) is 66.9 Å². The third-order valence-electron chi connectivity index (χ3n) is 6.86. The van der Waals surface area contributed by atoms with Crippen LogP contribution in [0, 0.1) is 5.92 Å². The first-order valence-corrected chi connectivity index (χ1v) is 12.1. The van der Waals surface area contributed by atoms with Crippen LogP contribution in [0.25, 0.3) is 0 Å². The van der Waals surface area contributed by atoms with E-state index in [-0.39, 0.29) is 23.6 Å². The highest BCUT2D eigenvalue weighted by atomic mass is 16.5.